The van der Waals surface area contributed by atoms with E-state index in [1.165, 1.54) is 0 Å². The summed E-state index contributed by atoms with van der Waals surface area (Å²) in [6, 6.07) is 3.85. The molecule has 4 rings (SSSR count). The Bertz CT molecular complexity index is 1540. The minimum absolute atomic E-state index is 0.0729. The number of amides is 1. The van der Waals surface area contributed by atoms with Crippen molar-refractivity contribution < 1.29 is 39.6 Å². The predicted octanol–water partition coefficient (Wildman–Crippen LogP) is 3.79. The molecule has 3 N–H and O–H groups in total. The first-order valence-electron chi connectivity index (χ1n) is 9.08. The van der Waals surface area contributed by atoms with Crippen LogP contribution in [0.1, 0.15) is 21.6 Å². The molecule has 35 heavy (non-hydrogen) atoms. The Hall–Kier alpha value is -3.57. The molecule has 17 heteroatoms. The van der Waals surface area contributed by atoms with Crippen LogP contribution in [0.4, 0.5) is 31.5 Å². The van der Waals surface area contributed by atoms with E-state index in [1.54, 1.807) is 0 Å². The number of halogens is 6. The Kier molecular flexibility index (Phi) is 5.81. The van der Waals surface area contributed by atoms with E-state index in [1.807, 2.05) is 0 Å². The van der Waals surface area contributed by atoms with Crippen LogP contribution in [0.2, 0.25) is 0 Å². The van der Waals surface area contributed by atoms with Gasteiger partial charge in [-0.2, -0.15) is 31.4 Å². The number of thiazole rings is 1. The monoisotopic (exact) mass is 536 g/mol. The average molecular weight is 536 g/mol. The van der Waals surface area contributed by atoms with Crippen LogP contribution >= 0.6 is 11.3 Å². The molecule has 184 valence electrons. The quantitative estimate of drug-likeness (QED) is 0.382. The minimum Gasteiger partial charge on any atom is -0.298 e. The highest BCUT2D eigenvalue weighted by atomic mass is 32.2. The second-order valence-electron chi connectivity index (χ2n) is 6.88. The van der Waals surface area contributed by atoms with Crippen molar-refractivity contribution in [3.63, 3.8) is 0 Å². The normalized spacial score (nSPS) is 12.8. The summed E-state index contributed by atoms with van der Waals surface area (Å²) in [6.07, 6.45) is -7.92. The standard InChI is InChI=1S/C18H10F6N6O3S2/c19-17(20,21)9-3-1-8(2-4-9)11-5-12(18(22,23)24)30-14(28-11)10(6-27-30)15(31)29-16-26-7-13(34-16)35(25,32)33/h1-7H,(H2,25,32,33)(H,26,29,31). The summed E-state index contributed by atoms with van der Waals surface area (Å²) in [6.45, 7) is 0. The number of carbonyl (C=O) groups is 1. The van der Waals surface area contributed by atoms with Gasteiger partial charge in [-0.3, -0.25) is 10.1 Å². The number of hydrogen-bond donors (Lipinski definition) is 2. The second kappa shape index (κ2) is 8.28. The number of nitrogens with zero attached hydrogens (tertiary/aromatic N) is 4. The molecule has 1 aromatic carbocycles. The molecule has 9 nitrogen and oxygen atoms in total. The van der Waals surface area contributed by atoms with E-state index in [0.717, 1.165) is 24.5 Å². The molecular weight excluding hydrogens is 526 g/mol. The number of nitrogens with two attached hydrogens (primary N) is 1. The van der Waals surface area contributed by atoms with Crippen molar-refractivity contribution in [1.29, 1.82) is 0 Å². The first-order chi connectivity index (χ1) is 16.1. The Labute approximate surface area is 195 Å². The van der Waals surface area contributed by atoms with Crippen molar-refractivity contribution in [1.82, 2.24) is 19.6 Å². The molecule has 0 saturated carbocycles. The minimum atomic E-state index is -4.96. The van der Waals surface area contributed by atoms with Crippen molar-refractivity contribution in [3.8, 4) is 11.3 Å². The smallest absolute Gasteiger partial charge is 0.298 e. The van der Waals surface area contributed by atoms with E-state index in [0.29, 0.717) is 34.1 Å². The number of sulfonamides is 1. The summed E-state index contributed by atoms with van der Waals surface area (Å²) in [5, 5.41) is 10.5. The first kappa shape index (κ1) is 24.6. The molecular formula is C18H10F6N6O3S2. The number of primary sulfonamides is 1. The summed E-state index contributed by atoms with van der Waals surface area (Å²) < 4.78 is 102. The van der Waals surface area contributed by atoms with Gasteiger partial charge in [-0.25, -0.2) is 28.0 Å². The van der Waals surface area contributed by atoms with Gasteiger partial charge in [0.05, 0.1) is 23.7 Å². The average Bonchev–Trinajstić information content (AvgIpc) is 3.38. The summed E-state index contributed by atoms with van der Waals surface area (Å²) in [4.78, 5) is 20.4. The summed E-state index contributed by atoms with van der Waals surface area (Å²) >= 11 is 0.506. The number of benzene rings is 1. The number of aromatic nitrogens is 4. The largest absolute Gasteiger partial charge is 0.433 e. The van der Waals surface area contributed by atoms with Crippen LogP contribution in [0.15, 0.2) is 46.9 Å². The predicted molar refractivity (Wildman–Crippen MR) is 110 cm³/mol. The van der Waals surface area contributed by atoms with Crippen molar-refractivity contribution in [2.75, 3.05) is 5.32 Å². The number of hydrogen-bond acceptors (Lipinski definition) is 7. The molecule has 0 aliphatic carbocycles. The topological polar surface area (TPSA) is 132 Å². The van der Waals surface area contributed by atoms with E-state index in [2.05, 4.69) is 20.4 Å². The van der Waals surface area contributed by atoms with E-state index in [9.17, 15) is 39.6 Å². The number of alkyl halides is 6. The first-order valence-corrected chi connectivity index (χ1v) is 11.4. The molecule has 0 aliphatic rings. The number of anilines is 1. The molecule has 0 spiro atoms. The number of fused-ring (bicyclic) bond motifs is 1. The number of rotatable bonds is 4. The van der Waals surface area contributed by atoms with Crippen LogP contribution in [-0.4, -0.2) is 33.9 Å². The van der Waals surface area contributed by atoms with Gasteiger partial charge >= 0.3 is 12.4 Å². The molecule has 0 atom stereocenters. The molecule has 0 radical (unpaired) electrons. The molecule has 0 aliphatic heterocycles. The summed E-state index contributed by atoms with van der Waals surface area (Å²) in [5.41, 5.74) is -3.76. The molecule has 3 heterocycles. The lowest BCUT2D eigenvalue weighted by Gasteiger charge is -2.12. The Balaban J connectivity index is 1.78. The Morgan fingerprint density at radius 1 is 1.03 bits per heavy atom. The van der Waals surface area contributed by atoms with E-state index < -0.39 is 50.8 Å². The van der Waals surface area contributed by atoms with Gasteiger partial charge in [-0.05, 0) is 18.2 Å². The highest BCUT2D eigenvalue weighted by molar-refractivity contribution is 7.91. The van der Waals surface area contributed by atoms with E-state index >= 15 is 0 Å². The lowest BCUT2D eigenvalue weighted by atomic mass is 10.1. The van der Waals surface area contributed by atoms with E-state index in [4.69, 9.17) is 5.14 Å². The van der Waals surface area contributed by atoms with E-state index in [-0.39, 0.29) is 20.6 Å². The van der Waals surface area contributed by atoms with Crippen LogP contribution < -0.4 is 10.5 Å². The third-order valence-corrected chi connectivity index (χ3v) is 6.82. The Morgan fingerprint density at radius 3 is 2.23 bits per heavy atom. The van der Waals surface area contributed by atoms with Crippen LogP contribution in [0, 0.1) is 0 Å². The third kappa shape index (κ3) is 4.96. The third-order valence-electron chi connectivity index (χ3n) is 4.50. The molecule has 0 fully saturated rings. The second-order valence-corrected chi connectivity index (χ2v) is 9.70. The van der Waals surface area contributed by atoms with Gasteiger partial charge in [0.15, 0.2) is 20.7 Å². The maximum Gasteiger partial charge on any atom is 0.433 e. The van der Waals surface area contributed by atoms with Crippen LogP contribution in [0.3, 0.4) is 0 Å². The van der Waals surface area contributed by atoms with Crippen LogP contribution in [0.25, 0.3) is 16.9 Å². The van der Waals surface area contributed by atoms with Crippen LogP contribution in [0.5, 0.6) is 0 Å². The van der Waals surface area contributed by atoms with Crippen molar-refractivity contribution in [3.05, 3.63) is 59.5 Å². The maximum absolute atomic E-state index is 13.7. The molecule has 3 aromatic heterocycles. The number of nitrogens with one attached hydrogen (secondary N) is 1. The lowest BCUT2D eigenvalue weighted by Crippen LogP contribution is -2.15. The lowest BCUT2D eigenvalue weighted by molar-refractivity contribution is -0.142. The van der Waals surface area contributed by atoms with Gasteiger partial charge in [0.1, 0.15) is 5.56 Å². The maximum atomic E-state index is 13.7. The fourth-order valence-electron chi connectivity index (χ4n) is 2.92. The fourth-order valence-corrected chi connectivity index (χ4v) is 4.36. The summed E-state index contributed by atoms with van der Waals surface area (Å²) in [5.74, 6) is -1.01. The highest BCUT2D eigenvalue weighted by Gasteiger charge is 2.36. The van der Waals surface area contributed by atoms with Crippen LogP contribution in [-0.2, 0) is 22.4 Å². The van der Waals surface area contributed by atoms with Gasteiger partial charge in [-0.15, -0.1) is 0 Å². The van der Waals surface area contributed by atoms with Gasteiger partial charge in [0.25, 0.3) is 5.91 Å². The zero-order valence-corrected chi connectivity index (χ0v) is 18.3. The van der Waals surface area contributed by atoms with Gasteiger partial charge in [0, 0.05) is 5.56 Å². The molecule has 4 aromatic rings. The highest BCUT2D eigenvalue weighted by Crippen LogP contribution is 2.34. The molecule has 1 amide bonds. The molecule has 0 bridgehead atoms. The summed E-state index contributed by atoms with van der Waals surface area (Å²) in [7, 11) is -4.10. The molecule has 0 unspecified atom stereocenters. The molecule has 0 saturated heterocycles. The fraction of sp³-hybridized carbons (Fsp3) is 0.111. The SMILES string of the molecule is NS(=O)(=O)c1cnc(NC(=O)c2cnn3c(C(F)(F)F)cc(-c4ccc(C(F)(F)F)cc4)nc23)s1. The Morgan fingerprint density at radius 2 is 1.69 bits per heavy atom. The zero-order chi connectivity index (χ0) is 25.8. The van der Waals surface area contributed by atoms with Gasteiger partial charge < -0.3 is 0 Å². The van der Waals surface area contributed by atoms with Crippen molar-refractivity contribution in [2.45, 2.75) is 16.6 Å². The van der Waals surface area contributed by atoms with Crippen molar-refractivity contribution >= 4 is 38.0 Å². The number of carbonyl (C=O) groups excluding carboxylic acids is 1. The van der Waals surface area contributed by atoms with Gasteiger partial charge in [-0.1, -0.05) is 23.5 Å². The zero-order valence-electron chi connectivity index (χ0n) is 16.7. The van der Waals surface area contributed by atoms with Gasteiger partial charge in [0.2, 0.25) is 10.0 Å². The van der Waals surface area contributed by atoms with Crippen molar-refractivity contribution in [2.24, 2.45) is 5.14 Å².